The molecule has 0 bridgehead atoms. The molecule has 0 radical (unpaired) electrons. The van der Waals surface area contributed by atoms with Crippen molar-refractivity contribution < 1.29 is 4.39 Å². The minimum absolute atomic E-state index is 0.257. The maximum absolute atomic E-state index is 13.9. The number of nitrogens with zero attached hydrogens (tertiary/aromatic N) is 2. The first-order valence-electron chi connectivity index (χ1n) is 6.51. The van der Waals surface area contributed by atoms with Crippen LogP contribution in [0.15, 0.2) is 36.5 Å². The highest BCUT2D eigenvalue weighted by molar-refractivity contribution is 5.84. The first-order valence-corrected chi connectivity index (χ1v) is 6.51. The van der Waals surface area contributed by atoms with E-state index in [1.165, 1.54) is 6.07 Å². The molecule has 4 heteroatoms. The van der Waals surface area contributed by atoms with Gasteiger partial charge in [-0.2, -0.15) is 0 Å². The summed E-state index contributed by atoms with van der Waals surface area (Å²) in [4.78, 5) is 6.52. The number of benzene rings is 1. The van der Waals surface area contributed by atoms with Gasteiger partial charge >= 0.3 is 0 Å². The van der Waals surface area contributed by atoms with E-state index in [0.717, 1.165) is 37.3 Å². The topological polar surface area (TPSA) is 42.1 Å². The number of hydrogen-bond donors (Lipinski definition) is 1. The van der Waals surface area contributed by atoms with Crippen LogP contribution >= 0.6 is 0 Å². The Labute approximate surface area is 111 Å². The fraction of sp³-hybridized carbons (Fsp3) is 0.267. The summed E-state index contributed by atoms with van der Waals surface area (Å²) >= 11 is 0. The Bertz CT molecular complexity index is 592. The van der Waals surface area contributed by atoms with Gasteiger partial charge in [0.05, 0.1) is 5.69 Å². The maximum Gasteiger partial charge on any atom is 0.152 e. The van der Waals surface area contributed by atoms with E-state index >= 15 is 0 Å². The van der Waals surface area contributed by atoms with E-state index in [9.17, 15) is 4.39 Å². The average molecular weight is 257 g/mol. The van der Waals surface area contributed by atoms with Crippen molar-refractivity contribution in [2.45, 2.75) is 12.8 Å². The number of nitrogens with two attached hydrogens (primary N) is 1. The number of aromatic nitrogens is 1. The SMILES string of the molecule is Nc1c(-c2ccccc2F)ccnc1N1CCCC1. The van der Waals surface area contributed by atoms with E-state index in [0.29, 0.717) is 11.3 Å². The lowest BCUT2D eigenvalue weighted by Gasteiger charge is -2.20. The van der Waals surface area contributed by atoms with E-state index in [4.69, 9.17) is 5.73 Å². The Morgan fingerprint density at radius 1 is 1.05 bits per heavy atom. The summed E-state index contributed by atoms with van der Waals surface area (Å²) in [5.74, 6) is 0.519. The number of anilines is 2. The van der Waals surface area contributed by atoms with Crippen molar-refractivity contribution in [3.05, 3.63) is 42.3 Å². The van der Waals surface area contributed by atoms with Gasteiger partial charge in [0, 0.05) is 30.4 Å². The summed E-state index contributed by atoms with van der Waals surface area (Å²) in [6.45, 7) is 1.94. The second-order valence-electron chi connectivity index (χ2n) is 4.77. The highest BCUT2D eigenvalue weighted by Gasteiger charge is 2.19. The predicted molar refractivity (Wildman–Crippen MR) is 75.5 cm³/mol. The van der Waals surface area contributed by atoms with Crippen LogP contribution in [0.3, 0.4) is 0 Å². The van der Waals surface area contributed by atoms with Gasteiger partial charge in [0.15, 0.2) is 5.82 Å². The highest BCUT2D eigenvalue weighted by Crippen LogP contribution is 2.34. The van der Waals surface area contributed by atoms with E-state index in [2.05, 4.69) is 9.88 Å². The molecule has 0 unspecified atom stereocenters. The quantitative estimate of drug-likeness (QED) is 0.899. The molecule has 1 fully saturated rings. The summed E-state index contributed by atoms with van der Waals surface area (Å²) in [7, 11) is 0. The van der Waals surface area contributed by atoms with Crippen LogP contribution in [-0.4, -0.2) is 18.1 Å². The third-order valence-corrected chi connectivity index (χ3v) is 3.54. The largest absolute Gasteiger partial charge is 0.395 e. The van der Waals surface area contributed by atoms with Crippen molar-refractivity contribution in [2.24, 2.45) is 0 Å². The zero-order valence-electron chi connectivity index (χ0n) is 10.6. The number of pyridine rings is 1. The summed E-state index contributed by atoms with van der Waals surface area (Å²) in [5, 5.41) is 0. The molecule has 3 nitrogen and oxygen atoms in total. The summed E-state index contributed by atoms with van der Waals surface area (Å²) in [6, 6.07) is 8.46. The van der Waals surface area contributed by atoms with E-state index in [1.807, 2.05) is 6.07 Å². The average Bonchev–Trinajstić information content (AvgIpc) is 2.94. The molecule has 0 amide bonds. The number of hydrogen-bond acceptors (Lipinski definition) is 3. The van der Waals surface area contributed by atoms with Crippen LogP contribution in [0.2, 0.25) is 0 Å². The normalized spacial score (nSPS) is 14.9. The lowest BCUT2D eigenvalue weighted by Crippen LogP contribution is -2.20. The molecule has 3 rings (SSSR count). The van der Waals surface area contributed by atoms with Crippen molar-refractivity contribution >= 4 is 11.5 Å². The van der Waals surface area contributed by atoms with E-state index in [1.54, 1.807) is 24.4 Å². The molecular weight excluding hydrogens is 241 g/mol. The molecule has 0 spiro atoms. The molecule has 19 heavy (non-hydrogen) atoms. The lowest BCUT2D eigenvalue weighted by atomic mass is 10.0. The van der Waals surface area contributed by atoms with Gasteiger partial charge in [-0.3, -0.25) is 0 Å². The summed E-state index contributed by atoms with van der Waals surface area (Å²) < 4.78 is 13.9. The highest BCUT2D eigenvalue weighted by atomic mass is 19.1. The molecule has 1 saturated heterocycles. The Hall–Kier alpha value is -2.10. The molecule has 0 aliphatic carbocycles. The molecule has 98 valence electrons. The Morgan fingerprint density at radius 2 is 1.79 bits per heavy atom. The minimum Gasteiger partial charge on any atom is -0.395 e. The van der Waals surface area contributed by atoms with Crippen molar-refractivity contribution in [3.8, 4) is 11.1 Å². The number of halogens is 1. The van der Waals surface area contributed by atoms with Crippen LogP contribution in [0.25, 0.3) is 11.1 Å². The van der Waals surface area contributed by atoms with E-state index < -0.39 is 0 Å². The van der Waals surface area contributed by atoms with Crippen LogP contribution < -0.4 is 10.6 Å². The number of nitrogen functional groups attached to an aromatic ring is 1. The molecule has 2 heterocycles. The third-order valence-electron chi connectivity index (χ3n) is 3.54. The van der Waals surface area contributed by atoms with Crippen LogP contribution in [-0.2, 0) is 0 Å². The monoisotopic (exact) mass is 257 g/mol. The maximum atomic E-state index is 13.9. The zero-order valence-corrected chi connectivity index (χ0v) is 10.6. The van der Waals surface area contributed by atoms with Crippen molar-refractivity contribution in [1.29, 1.82) is 0 Å². The Morgan fingerprint density at radius 3 is 2.53 bits per heavy atom. The fourth-order valence-corrected chi connectivity index (χ4v) is 2.56. The van der Waals surface area contributed by atoms with Gasteiger partial charge in [0.1, 0.15) is 5.82 Å². The second-order valence-corrected chi connectivity index (χ2v) is 4.77. The molecule has 2 N–H and O–H groups in total. The predicted octanol–water partition coefficient (Wildman–Crippen LogP) is 3.07. The van der Waals surface area contributed by atoms with Crippen molar-refractivity contribution in [1.82, 2.24) is 4.98 Å². The van der Waals surface area contributed by atoms with Crippen molar-refractivity contribution in [3.63, 3.8) is 0 Å². The Balaban J connectivity index is 2.08. The summed E-state index contributed by atoms with van der Waals surface area (Å²) in [5.41, 5.74) is 8.01. The fourth-order valence-electron chi connectivity index (χ4n) is 2.56. The van der Waals surface area contributed by atoms with Gasteiger partial charge in [-0.25, -0.2) is 9.37 Å². The molecule has 1 aliphatic rings. The molecule has 1 aliphatic heterocycles. The van der Waals surface area contributed by atoms with Crippen LogP contribution in [0.4, 0.5) is 15.9 Å². The van der Waals surface area contributed by atoms with Gasteiger partial charge in [-0.1, -0.05) is 18.2 Å². The molecular formula is C15H16FN3. The van der Waals surface area contributed by atoms with Gasteiger partial charge in [-0.15, -0.1) is 0 Å². The second kappa shape index (κ2) is 4.88. The van der Waals surface area contributed by atoms with Gasteiger partial charge in [0.2, 0.25) is 0 Å². The zero-order chi connectivity index (χ0) is 13.2. The molecule has 0 saturated carbocycles. The Kier molecular flexibility index (Phi) is 3.07. The van der Waals surface area contributed by atoms with E-state index in [-0.39, 0.29) is 5.82 Å². The first kappa shape index (κ1) is 12.0. The standard InChI is InChI=1S/C15H16FN3/c16-13-6-2-1-5-11(13)12-7-8-18-15(14(12)17)19-9-3-4-10-19/h1-2,5-8H,3-4,9-10,17H2. The number of rotatable bonds is 2. The van der Waals surface area contributed by atoms with Crippen molar-refractivity contribution in [2.75, 3.05) is 23.7 Å². The first-order chi connectivity index (χ1) is 9.27. The lowest BCUT2D eigenvalue weighted by molar-refractivity contribution is 0.631. The molecule has 1 aromatic carbocycles. The van der Waals surface area contributed by atoms with Crippen LogP contribution in [0.1, 0.15) is 12.8 Å². The van der Waals surface area contributed by atoms with Crippen LogP contribution in [0.5, 0.6) is 0 Å². The van der Waals surface area contributed by atoms with Gasteiger partial charge < -0.3 is 10.6 Å². The molecule has 2 aromatic rings. The minimum atomic E-state index is -0.257. The third kappa shape index (κ3) is 2.14. The van der Waals surface area contributed by atoms with Crippen LogP contribution in [0, 0.1) is 5.82 Å². The molecule has 1 aromatic heterocycles. The van der Waals surface area contributed by atoms with Gasteiger partial charge in [0.25, 0.3) is 0 Å². The smallest absolute Gasteiger partial charge is 0.152 e. The summed E-state index contributed by atoms with van der Waals surface area (Å²) in [6.07, 6.45) is 4.02. The molecule has 0 atom stereocenters. The van der Waals surface area contributed by atoms with Gasteiger partial charge in [-0.05, 0) is 25.0 Å².